The molecule has 0 aliphatic carbocycles. The molecule has 2 N–H and O–H groups in total. The van der Waals surface area contributed by atoms with Crippen molar-refractivity contribution in [2.24, 2.45) is 0 Å². The molecule has 1 fully saturated rings. The van der Waals surface area contributed by atoms with Gasteiger partial charge in [0.25, 0.3) is 5.91 Å². The molecular weight excluding hydrogens is 375 g/mol. The predicted octanol–water partition coefficient (Wildman–Crippen LogP) is 6.63. The Morgan fingerprint density at radius 1 is 0.897 bits per heavy atom. The summed E-state index contributed by atoms with van der Waals surface area (Å²) in [5.41, 5.74) is 3.43. The Hall–Kier alpha value is -1.86. The molecule has 1 saturated heterocycles. The molecule has 1 heterocycles. The zero-order chi connectivity index (χ0) is 20.4. The lowest BCUT2D eigenvalue weighted by Gasteiger charge is -2.26. The fourth-order valence-electron chi connectivity index (χ4n) is 4.29. The summed E-state index contributed by atoms with van der Waals surface area (Å²) in [6.45, 7) is 3.19. The van der Waals surface area contributed by atoms with Crippen molar-refractivity contribution in [3.8, 4) is 0 Å². The summed E-state index contributed by atoms with van der Waals surface area (Å²) in [4.78, 5) is 13.0. The number of benzene rings is 2. The van der Waals surface area contributed by atoms with Gasteiger partial charge in [-0.05, 0) is 61.9 Å². The Labute approximate surface area is 177 Å². The van der Waals surface area contributed by atoms with Gasteiger partial charge in [-0.15, -0.1) is 0 Å². The number of rotatable bonds is 9. The molecule has 4 heteroatoms. The molecule has 2 aromatic rings. The number of hydrogen-bond acceptors (Lipinski definition) is 2. The fourth-order valence-corrected chi connectivity index (χ4v) is 8.72. The minimum Gasteiger partial charge on any atom is -0.385 e. The first kappa shape index (κ1) is 21.8. The fraction of sp³-hybridized carbons (Fsp3) is 0.480. The summed E-state index contributed by atoms with van der Waals surface area (Å²) in [6, 6.07) is 18.9. The van der Waals surface area contributed by atoms with Crippen LogP contribution in [-0.4, -0.2) is 30.9 Å². The number of hydrogen-bond donors (Lipinski definition) is 2. The molecule has 1 aliphatic heterocycles. The lowest BCUT2D eigenvalue weighted by atomic mass is 10.2. The highest BCUT2D eigenvalue weighted by molar-refractivity contribution is 7.76. The molecule has 0 radical (unpaired) electrons. The molecule has 3 rings (SSSR count). The lowest BCUT2D eigenvalue weighted by Crippen LogP contribution is -2.22. The second-order valence-electron chi connectivity index (χ2n) is 8.41. The van der Waals surface area contributed by atoms with Gasteiger partial charge in [0.15, 0.2) is 0 Å². The maximum atomic E-state index is 13.0. The lowest BCUT2D eigenvalue weighted by molar-refractivity contribution is -0.113. The van der Waals surface area contributed by atoms with Gasteiger partial charge in [-0.1, -0.05) is 43.7 Å². The minimum atomic E-state index is -1.30. The van der Waals surface area contributed by atoms with E-state index in [1.165, 1.54) is 56.4 Å². The van der Waals surface area contributed by atoms with Gasteiger partial charge >= 0.3 is 0 Å². The second-order valence-corrected chi connectivity index (χ2v) is 12.6. The molecule has 3 nitrogen and oxygen atoms in total. The summed E-state index contributed by atoms with van der Waals surface area (Å²) in [5.74, 6) is 0.197. The van der Waals surface area contributed by atoms with Crippen LogP contribution in [0.2, 0.25) is 0 Å². The highest BCUT2D eigenvalue weighted by Crippen LogP contribution is 2.63. The first-order chi connectivity index (χ1) is 14.2. The van der Waals surface area contributed by atoms with Crippen molar-refractivity contribution in [2.75, 3.05) is 35.7 Å². The molecule has 0 bridgehead atoms. The monoisotopic (exact) mass is 411 g/mol. The van der Waals surface area contributed by atoms with Gasteiger partial charge < -0.3 is 10.6 Å². The van der Waals surface area contributed by atoms with E-state index in [1.54, 1.807) is 0 Å². The van der Waals surface area contributed by atoms with Crippen molar-refractivity contribution < 1.29 is 4.79 Å². The Kier molecular flexibility index (Phi) is 8.55. The number of amides is 1. The van der Waals surface area contributed by atoms with Crippen LogP contribution in [0, 0.1) is 0 Å². The van der Waals surface area contributed by atoms with Crippen LogP contribution in [0.15, 0.2) is 54.6 Å². The second kappa shape index (κ2) is 11.4. The van der Waals surface area contributed by atoms with E-state index in [0.717, 1.165) is 30.2 Å². The van der Waals surface area contributed by atoms with Crippen molar-refractivity contribution in [1.82, 2.24) is 0 Å². The Bertz CT molecular complexity index is 737. The van der Waals surface area contributed by atoms with Gasteiger partial charge in [0.05, 0.1) is 18.5 Å². The molecule has 156 valence electrons. The van der Waals surface area contributed by atoms with E-state index < -0.39 is 7.26 Å². The summed E-state index contributed by atoms with van der Waals surface area (Å²) in [7, 11) is -1.30. The standard InChI is InChI=1S/C25H35N2OP/c1-2-3-17-26-23-13-15-24(16-14-23)27-25(28)21-29(18-9-4-5-10-19-29)20-22-11-7-6-8-12-22/h6-8,11-16,26H,2-5,9-10,17-21H2,1H3/p+1. The number of unbranched alkanes of at least 4 members (excludes halogenated alkanes) is 1. The van der Waals surface area contributed by atoms with Crippen molar-refractivity contribution in [3.63, 3.8) is 0 Å². The predicted molar refractivity (Wildman–Crippen MR) is 129 cm³/mol. The summed E-state index contributed by atoms with van der Waals surface area (Å²) in [6.07, 6.45) is 11.9. The largest absolute Gasteiger partial charge is 0.385 e. The molecule has 1 amide bonds. The quantitative estimate of drug-likeness (QED) is 0.359. The molecule has 0 aromatic heterocycles. The van der Waals surface area contributed by atoms with Crippen LogP contribution in [0.25, 0.3) is 0 Å². The Morgan fingerprint density at radius 3 is 2.21 bits per heavy atom. The van der Waals surface area contributed by atoms with Crippen LogP contribution >= 0.6 is 7.26 Å². The number of anilines is 2. The first-order valence-corrected chi connectivity index (χ1v) is 13.7. The average molecular weight is 412 g/mol. The SMILES string of the molecule is CCCCNc1ccc(NC(=O)C[P+]2(Cc3ccccc3)CCCCCC2)cc1. The van der Waals surface area contributed by atoms with E-state index in [2.05, 4.69) is 60.0 Å². The van der Waals surface area contributed by atoms with Crippen molar-refractivity contribution in [1.29, 1.82) is 0 Å². The van der Waals surface area contributed by atoms with Crippen molar-refractivity contribution in [3.05, 3.63) is 60.2 Å². The molecule has 29 heavy (non-hydrogen) atoms. The van der Waals surface area contributed by atoms with Crippen LogP contribution in [0.1, 0.15) is 51.0 Å². The van der Waals surface area contributed by atoms with E-state index in [0.29, 0.717) is 0 Å². The molecule has 0 spiro atoms. The third-order valence-corrected chi connectivity index (χ3v) is 10.4. The normalized spacial score (nSPS) is 16.0. The van der Waals surface area contributed by atoms with Gasteiger partial charge in [0.1, 0.15) is 6.16 Å². The van der Waals surface area contributed by atoms with E-state index in [1.807, 2.05) is 12.1 Å². The maximum Gasteiger partial charge on any atom is 0.261 e. The van der Waals surface area contributed by atoms with Gasteiger partial charge in [0, 0.05) is 25.2 Å². The van der Waals surface area contributed by atoms with Crippen LogP contribution in [0.3, 0.4) is 0 Å². The zero-order valence-electron chi connectivity index (χ0n) is 17.8. The average Bonchev–Trinajstić information content (AvgIpc) is 2.95. The number of carbonyl (C=O) groups is 1. The number of carbonyl (C=O) groups excluding carboxylic acids is 1. The Balaban J connectivity index is 1.62. The highest BCUT2D eigenvalue weighted by Gasteiger charge is 2.40. The first-order valence-electron chi connectivity index (χ1n) is 11.2. The Morgan fingerprint density at radius 2 is 1.55 bits per heavy atom. The van der Waals surface area contributed by atoms with E-state index in [4.69, 9.17) is 0 Å². The molecule has 2 aromatic carbocycles. The van der Waals surface area contributed by atoms with E-state index in [9.17, 15) is 4.79 Å². The van der Waals surface area contributed by atoms with Crippen LogP contribution in [0.5, 0.6) is 0 Å². The minimum absolute atomic E-state index is 0.197. The number of nitrogens with one attached hydrogen (secondary N) is 2. The van der Waals surface area contributed by atoms with Gasteiger partial charge in [0.2, 0.25) is 0 Å². The molecule has 0 unspecified atom stereocenters. The topological polar surface area (TPSA) is 41.1 Å². The zero-order valence-corrected chi connectivity index (χ0v) is 18.7. The summed E-state index contributed by atoms with van der Waals surface area (Å²) < 4.78 is 0. The molecule has 0 saturated carbocycles. The summed E-state index contributed by atoms with van der Waals surface area (Å²) in [5, 5.41) is 6.60. The van der Waals surface area contributed by atoms with Crippen LogP contribution in [-0.2, 0) is 11.0 Å². The maximum absolute atomic E-state index is 13.0. The molecule has 1 aliphatic rings. The van der Waals surface area contributed by atoms with E-state index >= 15 is 0 Å². The van der Waals surface area contributed by atoms with Crippen molar-refractivity contribution >= 4 is 24.5 Å². The molecule has 0 atom stereocenters. The van der Waals surface area contributed by atoms with E-state index in [-0.39, 0.29) is 5.91 Å². The van der Waals surface area contributed by atoms with Crippen LogP contribution < -0.4 is 10.6 Å². The third-order valence-electron chi connectivity index (χ3n) is 5.88. The smallest absolute Gasteiger partial charge is 0.261 e. The van der Waals surface area contributed by atoms with Crippen LogP contribution in [0.4, 0.5) is 11.4 Å². The van der Waals surface area contributed by atoms with Gasteiger partial charge in [-0.3, -0.25) is 4.79 Å². The third kappa shape index (κ3) is 7.16. The molecular formula is C25H36N2OP+. The highest BCUT2D eigenvalue weighted by atomic mass is 31.2. The van der Waals surface area contributed by atoms with Gasteiger partial charge in [-0.2, -0.15) is 0 Å². The van der Waals surface area contributed by atoms with Crippen molar-refractivity contribution in [2.45, 2.75) is 51.6 Å². The summed E-state index contributed by atoms with van der Waals surface area (Å²) >= 11 is 0. The van der Waals surface area contributed by atoms with Gasteiger partial charge in [-0.25, -0.2) is 0 Å².